The van der Waals surface area contributed by atoms with Gasteiger partial charge in [0.25, 0.3) is 0 Å². The molecule has 0 spiro atoms. The molecule has 2 N–H and O–H groups in total. The molecule has 3 unspecified atom stereocenters. The molecule has 2 heterocycles. The average molecular weight is 224 g/mol. The quantitative estimate of drug-likeness (QED) is 0.854. The Kier molecular flexibility index (Phi) is 3.44. The minimum Gasteiger partial charge on any atom is -0.330 e. The first kappa shape index (κ1) is 11.1. The summed E-state index contributed by atoms with van der Waals surface area (Å²) in [4.78, 5) is 4.06. The normalized spacial score (nSPS) is 29.5. The van der Waals surface area contributed by atoms with Gasteiger partial charge in [-0.15, -0.1) is 11.3 Å². The molecule has 2 nitrogen and oxygen atoms in total. The fraction of sp³-hybridized carbons (Fsp3) is 0.667. The molecule has 0 saturated carbocycles. The Hall–Kier alpha value is -0.380. The van der Waals surface area contributed by atoms with Crippen LogP contribution in [0.5, 0.6) is 0 Å². The van der Waals surface area contributed by atoms with Gasteiger partial charge in [0.15, 0.2) is 0 Å². The van der Waals surface area contributed by atoms with E-state index in [1.54, 1.807) is 0 Å². The molecule has 2 rings (SSSR count). The Morgan fingerprint density at radius 2 is 2.47 bits per heavy atom. The summed E-state index contributed by atoms with van der Waals surface area (Å²) in [7, 11) is 0. The lowest BCUT2D eigenvalue weighted by Gasteiger charge is -2.27. The van der Waals surface area contributed by atoms with Crippen molar-refractivity contribution < 1.29 is 0 Å². The molecule has 1 saturated heterocycles. The van der Waals surface area contributed by atoms with Crippen LogP contribution < -0.4 is 5.73 Å². The van der Waals surface area contributed by atoms with Crippen molar-refractivity contribution in [1.82, 2.24) is 4.90 Å². The zero-order valence-corrected chi connectivity index (χ0v) is 10.3. The molecule has 0 aliphatic carbocycles. The van der Waals surface area contributed by atoms with Gasteiger partial charge in [-0.25, -0.2) is 0 Å². The number of hydrogen-bond acceptors (Lipinski definition) is 3. The van der Waals surface area contributed by atoms with Crippen molar-refractivity contribution in [1.29, 1.82) is 0 Å². The lowest BCUT2D eigenvalue weighted by molar-refractivity contribution is 0.203. The van der Waals surface area contributed by atoms with Crippen LogP contribution in [0.1, 0.15) is 31.2 Å². The zero-order chi connectivity index (χ0) is 10.8. The number of hydrogen-bond donors (Lipinski definition) is 1. The fourth-order valence-electron chi connectivity index (χ4n) is 2.57. The first-order valence-electron chi connectivity index (χ1n) is 5.71. The van der Waals surface area contributed by atoms with Gasteiger partial charge in [-0.2, -0.15) is 0 Å². The van der Waals surface area contributed by atoms with E-state index in [0.717, 1.165) is 13.1 Å². The Morgan fingerprint density at radius 1 is 1.67 bits per heavy atom. The lowest BCUT2D eigenvalue weighted by atomic mass is 10.1. The maximum atomic E-state index is 5.75. The third kappa shape index (κ3) is 2.25. The molecule has 0 bridgehead atoms. The van der Waals surface area contributed by atoms with Gasteiger partial charge in [0, 0.05) is 23.5 Å². The summed E-state index contributed by atoms with van der Waals surface area (Å²) < 4.78 is 0. The third-order valence-electron chi connectivity index (χ3n) is 3.50. The van der Waals surface area contributed by atoms with E-state index in [-0.39, 0.29) is 0 Å². The first-order valence-corrected chi connectivity index (χ1v) is 6.59. The van der Waals surface area contributed by atoms with Crippen LogP contribution in [-0.4, -0.2) is 24.0 Å². The fourth-order valence-corrected chi connectivity index (χ4v) is 3.38. The van der Waals surface area contributed by atoms with Crippen molar-refractivity contribution in [3.05, 3.63) is 22.4 Å². The average Bonchev–Trinajstić information content (AvgIpc) is 2.85. The van der Waals surface area contributed by atoms with Crippen LogP contribution in [0.25, 0.3) is 0 Å². The van der Waals surface area contributed by atoms with Crippen LogP contribution >= 0.6 is 11.3 Å². The number of nitrogens with zero attached hydrogens (tertiary/aromatic N) is 1. The largest absolute Gasteiger partial charge is 0.330 e. The van der Waals surface area contributed by atoms with E-state index < -0.39 is 0 Å². The van der Waals surface area contributed by atoms with Gasteiger partial charge >= 0.3 is 0 Å². The van der Waals surface area contributed by atoms with Crippen molar-refractivity contribution in [3.63, 3.8) is 0 Å². The molecule has 15 heavy (non-hydrogen) atoms. The van der Waals surface area contributed by atoms with E-state index in [4.69, 9.17) is 5.73 Å². The summed E-state index contributed by atoms with van der Waals surface area (Å²) in [6, 6.07) is 5.60. The summed E-state index contributed by atoms with van der Waals surface area (Å²) in [6.45, 7) is 6.62. The summed E-state index contributed by atoms with van der Waals surface area (Å²) in [5.41, 5.74) is 5.75. The molecule has 3 atom stereocenters. The predicted molar refractivity (Wildman–Crippen MR) is 66.1 cm³/mol. The molecule has 0 aromatic carbocycles. The second kappa shape index (κ2) is 4.64. The number of likely N-dealkylation sites (tertiary alicyclic amines) is 1. The molecule has 3 heteroatoms. The van der Waals surface area contributed by atoms with Crippen LogP contribution in [0.4, 0.5) is 0 Å². The van der Waals surface area contributed by atoms with Gasteiger partial charge in [0.05, 0.1) is 0 Å². The van der Waals surface area contributed by atoms with Gasteiger partial charge in [0.1, 0.15) is 0 Å². The summed E-state index contributed by atoms with van der Waals surface area (Å²) >= 11 is 1.86. The highest BCUT2D eigenvalue weighted by molar-refractivity contribution is 7.10. The highest BCUT2D eigenvalue weighted by atomic mass is 32.1. The maximum Gasteiger partial charge on any atom is 0.0416 e. The highest BCUT2D eigenvalue weighted by Crippen LogP contribution is 2.33. The Morgan fingerprint density at radius 3 is 3.00 bits per heavy atom. The minimum atomic E-state index is 0.552. The van der Waals surface area contributed by atoms with Crippen molar-refractivity contribution in [2.24, 2.45) is 11.7 Å². The molecule has 1 aromatic heterocycles. The molecule has 1 aliphatic heterocycles. The summed E-state index contributed by atoms with van der Waals surface area (Å²) in [6.07, 6.45) is 1.26. The van der Waals surface area contributed by atoms with Crippen LogP contribution in [0.3, 0.4) is 0 Å². The van der Waals surface area contributed by atoms with Gasteiger partial charge < -0.3 is 5.73 Å². The second-order valence-corrected chi connectivity index (χ2v) is 5.55. The van der Waals surface area contributed by atoms with Gasteiger partial charge in [-0.1, -0.05) is 6.07 Å². The molecule has 84 valence electrons. The first-order chi connectivity index (χ1) is 7.22. The monoisotopic (exact) mass is 224 g/mol. The Balaban J connectivity index is 2.05. The number of nitrogens with two attached hydrogens (primary N) is 1. The van der Waals surface area contributed by atoms with Crippen molar-refractivity contribution in [2.75, 3.05) is 13.1 Å². The van der Waals surface area contributed by atoms with E-state index >= 15 is 0 Å². The van der Waals surface area contributed by atoms with Crippen LogP contribution in [0.2, 0.25) is 0 Å². The summed E-state index contributed by atoms with van der Waals surface area (Å²) in [5.74, 6) is 0.697. The number of rotatable bonds is 3. The standard InChI is InChI=1S/C12H20N2S/c1-9-6-11(7-13)8-14(9)10(2)12-4-3-5-15-12/h3-5,9-11H,6-8,13H2,1-2H3. The molecule has 1 aliphatic rings. The predicted octanol–water partition coefficient (Wildman–Crippen LogP) is 2.48. The molecule has 0 amide bonds. The highest BCUT2D eigenvalue weighted by Gasteiger charge is 2.31. The van der Waals surface area contributed by atoms with E-state index in [9.17, 15) is 0 Å². The maximum absolute atomic E-state index is 5.75. The van der Waals surface area contributed by atoms with Crippen LogP contribution in [0.15, 0.2) is 17.5 Å². The molecule has 0 radical (unpaired) electrons. The smallest absolute Gasteiger partial charge is 0.0416 e. The molecular weight excluding hydrogens is 204 g/mol. The minimum absolute atomic E-state index is 0.552. The van der Waals surface area contributed by atoms with Gasteiger partial charge in [-0.3, -0.25) is 4.90 Å². The molecule has 1 aromatic rings. The van der Waals surface area contributed by atoms with E-state index in [1.165, 1.54) is 11.3 Å². The number of thiophene rings is 1. The van der Waals surface area contributed by atoms with Crippen molar-refractivity contribution in [3.8, 4) is 0 Å². The lowest BCUT2D eigenvalue weighted by Crippen LogP contribution is -2.30. The van der Waals surface area contributed by atoms with Gasteiger partial charge in [-0.05, 0) is 44.2 Å². The molecule has 1 fully saturated rings. The zero-order valence-electron chi connectivity index (χ0n) is 9.52. The van der Waals surface area contributed by atoms with Crippen molar-refractivity contribution in [2.45, 2.75) is 32.4 Å². The Labute approximate surface area is 96.1 Å². The van der Waals surface area contributed by atoms with E-state index in [1.807, 2.05) is 11.3 Å². The topological polar surface area (TPSA) is 29.3 Å². The van der Waals surface area contributed by atoms with Crippen LogP contribution in [0, 0.1) is 5.92 Å². The van der Waals surface area contributed by atoms with E-state index in [0.29, 0.717) is 18.0 Å². The van der Waals surface area contributed by atoms with Crippen LogP contribution in [-0.2, 0) is 0 Å². The third-order valence-corrected chi connectivity index (χ3v) is 4.54. The Bertz CT molecular complexity index is 297. The van der Waals surface area contributed by atoms with Crippen molar-refractivity contribution >= 4 is 11.3 Å². The SMILES string of the molecule is CC1CC(CN)CN1C(C)c1cccs1. The summed E-state index contributed by atoms with van der Waals surface area (Å²) in [5, 5.41) is 2.16. The van der Waals surface area contributed by atoms with E-state index in [2.05, 4.69) is 36.3 Å². The molecular formula is C12H20N2S. The van der Waals surface area contributed by atoms with Gasteiger partial charge in [0.2, 0.25) is 0 Å². The second-order valence-electron chi connectivity index (χ2n) is 4.57.